The van der Waals surface area contributed by atoms with E-state index in [0.29, 0.717) is 5.69 Å². The molecule has 0 aliphatic heterocycles. The third-order valence-electron chi connectivity index (χ3n) is 3.36. The molecule has 0 spiro atoms. The van der Waals surface area contributed by atoms with Gasteiger partial charge in [0.2, 0.25) is 0 Å². The molecule has 1 aromatic heterocycles. The van der Waals surface area contributed by atoms with Gasteiger partial charge in [0.25, 0.3) is 0 Å². The molecule has 0 saturated carbocycles. The predicted octanol–water partition coefficient (Wildman–Crippen LogP) is 2.66. The maximum atomic E-state index is 11.0. The molecule has 2 rings (SSSR count). The zero-order chi connectivity index (χ0) is 17.0. The highest BCUT2D eigenvalue weighted by atomic mass is 32.1. The average molecular weight is 334 g/mol. The number of carboxylic acid groups (broad SMARTS) is 2. The maximum Gasteiger partial charge on any atom is 0.323 e. The molecule has 0 aliphatic rings. The van der Waals surface area contributed by atoms with Crippen LogP contribution in [-0.4, -0.2) is 40.2 Å². The molecule has 0 radical (unpaired) electrons. The minimum atomic E-state index is -1.07. The number of carbonyl (C=O) groups is 2. The molecule has 0 fully saturated rings. The van der Waals surface area contributed by atoms with Gasteiger partial charge in [-0.1, -0.05) is 19.1 Å². The minimum absolute atomic E-state index is 0.366. The van der Waals surface area contributed by atoms with E-state index >= 15 is 0 Å². The van der Waals surface area contributed by atoms with E-state index in [4.69, 9.17) is 10.2 Å². The van der Waals surface area contributed by atoms with Gasteiger partial charge in [-0.15, -0.1) is 11.3 Å². The fourth-order valence-electron chi connectivity index (χ4n) is 2.24. The minimum Gasteiger partial charge on any atom is -0.480 e. The second-order valence-corrected chi connectivity index (χ2v) is 6.00. The van der Waals surface area contributed by atoms with Gasteiger partial charge in [-0.2, -0.15) is 0 Å². The molecule has 0 saturated heterocycles. The molecule has 0 unspecified atom stereocenters. The summed E-state index contributed by atoms with van der Waals surface area (Å²) in [6.45, 7) is 3.12. The summed E-state index contributed by atoms with van der Waals surface area (Å²) in [5.41, 5.74) is 3.28. The molecule has 23 heavy (non-hydrogen) atoms. The van der Waals surface area contributed by atoms with E-state index in [2.05, 4.69) is 4.98 Å². The lowest BCUT2D eigenvalue weighted by molar-refractivity contribution is -0.136. The van der Waals surface area contributed by atoms with Crippen LogP contribution in [-0.2, 0) is 16.0 Å². The fourth-order valence-corrected chi connectivity index (χ4v) is 3.14. The number of aliphatic carboxylic acids is 2. The maximum absolute atomic E-state index is 11.0. The number of carboxylic acids is 2. The Bertz CT molecular complexity index is 711. The monoisotopic (exact) mass is 334 g/mol. The van der Waals surface area contributed by atoms with Crippen LogP contribution in [0, 0.1) is 6.92 Å². The molecule has 0 bridgehead atoms. The normalized spacial score (nSPS) is 10.5. The van der Waals surface area contributed by atoms with Gasteiger partial charge in [-0.05, 0) is 25.0 Å². The summed E-state index contributed by atoms with van der Waals surface area (Å²) in [6.07, 6.45) is 0.847. The second-order valence-electron chi connectivity index (χ2n) is 5.14. The van der Waals surface area contributed by atoms with Crippen LogP contribution < -0.4 is 4.90 Å². The third-order valence-corrected chi connectivity index (χ3v) is 4.30. The van der Waals surface area contributed by atoms with Crippen molar-refractivity contribution < 1.29 is 19.8 Å². The number of thiazole rings is 1. The lowest BCUT2D eigenvalue weighted by Gasteiger charge is -2.23. The molecule has 2 N–H and O–H groups in total. The quantitative estimate of drug-likeness (QED) is 0.809. The molecule has 0 amide bonds. The Kier molecular flexibility index (Phi) is 5.33. The second kappa shape index (κ2) is 7.23. The molecule has 7 heteroatoms. The highest BCUT2D eigenvalue weighted by molar-refractivity contribution is 7.13. The van der Waals surface area contributed by atoms with Gasteiger partial charge in [0.05, 0.1) is 5.69 Å². The van der Waals surface area contributed by atoms with E-state index in [9.17, 15) is 9.59 Å². The lowest BCUT2D eigenvalue weighted by Crippen LogP contribution is -2.34. The van der Waals surface area contributed by atoms with E-state index in [1.165, 1.54) is 16.2 Å². The van der Waals surface area contributed by atoms with Crippen LogP contribution in [0.2, 0.25) is 0 Å². The molecule has 0 atom stereocenters. The van der Waals surface area contributed by atoms with Crippen molar-refractivity contribution in [3.8, 4) is 10.6 Å². The van der Waals surface area contributed by atoms with Crippen LogP contribution in [0.25, 0.3) is 10.6 Å². The third kappa shape index (κ3) is 4.29. The molecular formula is C16H18N2O4S. The first-order valence-electron chi connectivity index (χ1n) is 7.14. The van der Waals surface area contributed by atoms with E-state index in [1.807, 2.05) is 31.4 Å². The molecule has 6 nitrogen and oxygen atoms in total. The van der Waals surface area contributed by atoms with Crippen molar-refractivity contribution in [2.24, 2.45) is 0 Å². The first-order chi connectivity index (χ1) is 10.9. The van der Waals surface area contributed by atoms with Crippen LogP contribution in [0.4, 0.5) is 5.69 Å². The lowest BCUT2D eigenvalue weighted by atomic mass is 10.1. The summed E-state index contributed by atoms with van der Waals surface area (Å²) >= 11 is 1.52. The van der Waals surface area contributed by atoms with Crippen LogP contribution >= 0.6 is 11.3 Å². The molecular weight excluding hydrogens is 316 g/mol. The van der Waals surface area contributed by atoms with E-state index in [-0.39, 0.29) is 13.1 Å². The van der Waals surface area contributed by atoms with Gasteiger partial charge in [0, 0.05) is 16.6 Å². The summed E-state index contributed by atoms with van der Waals surface area (Å²) < 4.78 is 0. The Morgan fingerprint density at radius 2 is 1.87 bits per heavy atom. The number of aryl methyl sites for hydroxylation is 2. The summed E-state index contributed by atoms with van der Waals surface area (Å²) in [6, 6.07) is 5.57. The van der Waals surface area contributed by atoms with E-state index < -0.39 is 11.9 Å². The highest BCUT2D eigenvalue weighted by Crippen LogP contribution is 2.30. The Morgan fingerprint density at radius 1 is 1.22 bits per heavy atom. The van der Waals surface area contributed by atoms with Crippen molar-refractivity contribution in [2.75, 3.05) is 18.0 Å². The molecule has 1 aromatic carbocycles. The zero-order valence-electron chi connectivity index (χ0n) is 12.9. The number of nitrogens with zero attached hydrogens (tertiary/aromatic N) is 2. The molecule has 2 aromatic rings. The first-order valence-corrected chi connectivity index (χ1v) is 8.02. The standard InChI is InChI=1S/C16H18N2O4S/c1-3-12-9-23-16(17-12)11-5-4-10(2)13(6-11)18(7-14(19)20)8-15(21)22/h4-6,9H,3,7-8H2,1-2H3,(H,19,20)(H,21,22). The van der Waals surface area contributed by atoms with Crippen molar-refractivity contribution in [2.45, 2.75) is 20.3 Å². The van der Waals surface area contributed by atoms with Crippen molar-refractivity contribution in [1.82, 2.24) is 4.98 Å². The van der Waals surface area contributed by atoms with Crippen molar-refractivity contribution in [3.63, 3.8) is 0 Å². The van der Waals surface area contributed by atoms with Crippen LogP contribution in [0.5, 0.6) is 0 Å². The number of hydrogen-bond donors (Lipinski definition) is 2. The number of anilines is 1. The first kappa shape index (κ1) is 17.0. The largest absolute Gasteiger partial charge is 0.480 e. The van der Waals surface area contributed by atoms with Gasteiger partial charge in [0.15, 0.2) is 0 Å². The topological polar surface area (TPSA) is 90.7 Å². The number of rotatable bonds is 7. The Balaban J connectivity index is 2.41. The average Bonchev–Trinajstić information content (AvgIpc) is 2.95. The van der Waals surface area contributed by atoms with Gasteiger partial charge in [-0.25, -0.2) is 4.98 Å². The Morgan fingerprint density at radius 3 is 2.39 bits per heavy atom. The predicted molar refractivity (Wildman–Crippen MR) is 89.1 cm³/mol. The molecule has 0 aliphatic carbocycles. The number of aromatic nitrogens is 1. The van der Waals surface area contributed by atoms with E-state index in [1.54, 1.807) is 6.07 Å². The van der Waals surface area contributed by atoms with Gasteiger partial charge in [-0.3, -0.25) is 9.59 Å². The highest BCUT2D eigenvalue weighted by Gasteiger charge is 2.17. The van der Waals surface area contributed by atoms with Crippen LogP contribution in [0.1, 0.15) is 18.2 Å². The molecule has 1 heterocycles. The fraction of sp³-hybridized carbons (Fsp3) is 0.312. The van der Waals surface area contributed by atoms with Crippen molar-refractivity contribution in [3.05, 3.63) is 34.8 Å². The summed E-state index contributed by atoms with van der Waals surface area (Å²) in [7, 11) is 0. The van der Waals surface area contributed by atoms with Gasteiger partial charge in [0.1, 0.15) is 18.1 Å². The summed E-state index contributed by atoms with van der Waals surface area (Å²) in [4.78, 5) is 27.9. The van der Waals surface area contributed by atoms with Crippen molar-refractivity contribution in [1.29, 1.82) is 0 Å². The van der Waals surface area contributed by atoms with Crippen molar-refractivity contribution >= 4 is 29.0 Å². The summed E-state index contributed by atoms with van der Waals surface area (Å²) in [5.74, 6) is -2.14. The van der Waals surface area contributed by atoms with Crippen LogP contribution in [0.15, 0.2) is 23.6 Å². The van der Waals surface area contributed by atoms with Crippen LogP contribution in [0.3, 0.4) is 0 Å². The zero-order valence-corrected chi connectivity index (χ0v) is 13.8. The van der Waals surface area contributed by atoms with E-state index in [0.717, 1.165) is 28.2 Å². The van der Waals surface area contributed by atoms with Gasteiger partial charge >= 0.3 is 11.9 Å². The SMILES string of the molecule is CCc1csc(-c2ccc(C)c(N(CC(=O)O)CC(=O)O)c2)n1. The smallest absolute Gasteiger partial charge is 0.323 e. The Hall–Kier alpha value is -2.41. The molecule has 122 valence electrons. The number of hydrogen-bond acceptors (Lipinski definition) is 5. The summed E-state index contributed by atoms with van der Waals surface area (Å²) in [5, 5.41) is 20.9. The Labute approximate surface area is 138 Å². The van der Waals surface area contributed by atoms with Gasteiger partial charge < -0.3 is 15.1 Å². The number of benzene rings is 1.